The van der Waals surface area contributed by atoms with E-state index in [4.69, 9.17) is 4.42 Å². The first-order valence-electron chi connectivity index (χ1n) is 10.4. The number of carbonyl (C=O) groups is 2. The summed E-state index contributed by atoms with van der Waals surface area (Å²) < 4.78 is 5.74. The van der Waals surface area contributed by atoms with Gasteiger partial charge in [-0.1, -0.05) is 18.2 Å². The van der Waals surface area contributed by atoms with Crippen LogP contribution in [-0.2, 0) is 17.8 Å². The Hall–Kier alpha value is -2.76. The summed E-state index contributed by atoms with van der Waals surface area (Å²) in [5, 5.41) is 0. The lowest BCUT2D eigenvalue weighted by molar-refractivity contribution is -0.127. The number of fused-ring (bicyclic) bond motifs is 1. The lowest BCUT2D eigenvalue weighted by atomic mass is 10.1. The number of carbonyl (C=O) groups excluding carboxylic acids is 2. The Morgan fingerprint density at radius 1 is 1.24 bits per heavy atom. The lowest BCUT2D eigenvalue weighted by Gasteiger charge is -2.25. The fourth-order valence-electron chi connectivity index (χ4n) is 4.62. The topological polar surface area (TPSA) is 57.0 Å². The first-order chi connectivity index (χ1) is 13.9. The van der Waals surface area contributed by atoms with Gasteiger partial charge < -0.3 is 19.1 Å². The van der Waals surface area contributed by atoms with Crippen LogP contribution in [0.25, 0.3) is 0 Å². The van der Waals surface area contributed by atoms with Crippen molar-refractivity contribution in [1.29, 1.82) is 0 Å². The van der Waals surface area contributed by atoms with Gasteiger partial charge in [-0.2, -0.15) is 0 Å². The van der Waals surface area contributed by atoms with Gasteiger partial charge in [0.15, 0.2) is 0 Å². The van der Waals surface area contributed by atoms with Gasteiger partial charge in [-0.3, -0.25) is 9.59 Å². The molecule has 6 heteroatoms. The molecule has 0 unspecified atom stereocenters. The van der Waals surface area contributed by atoms with E-state index in [9.17, 15) is 9.59 Å². The van der Waals surface area contributed by atoms with Crippen LogP contribution < -0.4 is 4.90 Å². The molecule has 0 saturated carbocycles. The van der Waals surface area contributed by atoms with E-state index in [1.165, 1.54) is 11.3 Å². The molecule has 0 spiro atoms. The van der Waals surface area contributed by atoms with Crippen LogP contribution in [0.15, 0.2) is 41.0 Å². The van der Waals surface area contributed by atoms with Gasteiger partial charge in [0, 0.05) is 45.3 Å². The van der Waals surface area contributed by atoms with Gasteiger partial charge in [0.05, 0.1) is 18.4 Å². The first-order valence-corrected chi connectivity index (χ1v) is 10.4. The largest absolute Gasteiger partial charge is 0.467 e. The van der Waals surface area contributed by atoms with Crippen molar-refractivity contribution in [1.82, 2.24) is 9.80 Å². The Kier molecular flexibility index (Phi) is 5.35. The lowest BCUT2D eigenvalue weighted by Crippen LogP contribution is -2.35. The number of furan rings is 1. The Morgan fingerprint density at radius 3 is 2.79 bits per heavy atom. The minimum Gasteiger partial charge on any atom is -0.467 e. The fraction of sp³-hybridized carbons (Fsp3) is 0.478. The minimum atomic E-state index is -0.0184. The number of benzene rings is 1. The zero-order valence-corrected chi connectivity index (χ0v) is 17.4. The molecular weight excluding hydrogens is 366 g/mol. The molecule has 0 aliphatic carbocycles. The number of amides is 2. The maximum Gasteiger partial charge on any atom is 0.257 e. The van der Waals surface area contributed by atoms with Crippen molar-refractivity contribution in [2.24, 2.45) is 5.92 Å². The maximum absolute atomic E-state index is 13.1. The van der Waals surface area contributed by atoms with Crippen LogP contribution >= 0.6 is 0 Å². The summed E-state index contributed by atoms with van der Waals surface area (Å²) in [5.74, 6) is 1.13. The third-order valence-electron chi connectivity index (χ3n) is 6.25. The monoisotopic (exact) mass is 395 g/mol. The highest BCUT2D eigenvalue weighted by atomic mass is 16.3. The molecule has 29 heavy (non-hydrogen) atoms. The SMILES string of the molecule is CC(=O)N1CC[C@H](CN(C)C(=O)c2ccoc2CN2c3ccccc3C[C@H]2C)C1. The molecule has 1 fully saturated rings. The van der Waals surface area contributed by atoms with Gasteiger partial charge in [0.2, 0.25) is 5.91 Å². The molecule has 2 amide bonds. The number of hydrogen-bond donors (Lipinski definition) is 0. The summed E-state index contributed by atoms with van der Waals surface area (Å²) in [6.45, 7) is 6.56. The Bertz CT molecular complexity index is 906. The average molecular weight is 396 g/mol. The van der Waals surface area contributed by atoms with Crippen molar-refractivity contribution in [3.8, 4) is 0 Å². The van der Waals surface area contributed by atoms with Crippen LogP contribution in [0.5, 0.6) is 0 Å². The molecule has 3 heterocycles. The third-order valence-corrected chi connectivity index (χ3v) is 6.25. The number of para-hydroxylation sites is 1. The number of likely N-dealkylation sites (tertiary alicyclic amines) is 1. The molecule has 1 aromatic heterocycles. The summed E-state index contributed by atoms with van der Waals surface area (Å²) in [7, 11) is 1.84. The van der Waals surface area contributed by atoms with Gasteiger partial charge in [0.25, 0.3) is 5.91 Å². The summed E-state index contributed by atoms with van der Waals surface area (Å²) in [6, 6.07) is 10.6. The Labute approximate surface area is 172 Å². The summed E-state index contributed by atoms with van der Waals surface area (Å²) in [6.07, 6.45) is 3.56. The molecule has 4 rings (SSSR count). The van der Waals surface area contributed by atoms with Gasteiger partial charge in [-0.05, 0) is 43.4 Å². The second-order valence-electron chi connectivity index (χ2n) is 8.37. The highest BCUT2D eigenvalue weighted by Gasteiger charge is 2.30. The maximum atomic E-state index is 13.1. The summed E-state index contributed by atoms with van der Waals surface area (Å²) >= 11 is 0. The standard InChI is InChI=1S/C23H29N3O3/c1-16-12-19-6-4-5-7-21(19)26(16)15-22-20(9-11-29-22)23(28)24(3)13-18-8-10-25(14-18)17(2)27/h4-7,9,11,16,18H,8,10,12-15H2,1-3H3/t16-,18-/m1/s1. The minimum absolute atomic E-state index is 0.0184. The first kappa shape index (κ1) is 19.6. The quantitative estimate of drug-likeness (QED) is 0.780. The molecular formula is C23H29N3O3. The number of hydrogen-bond acceptors (Lipinski definition) is 4. The number of rotatable bonds is 5. The van der Waals surface area contributed by atoms with Crippen molar-refractivity contribution in [2.75, 3.05) is 31.6 Å². The van der Waals surface area contributed by atoms with Crippen LogP contribution in [-0.4, -0.2) is 54.3 Å². The van der Waals surface area contributed by atoms with E-state index in [2.05, 4.69) is 36.1 Å². The molecule has 1 saturated heterocycles. The summed E-state index contributed by atoms with van der Waals surface area (Å²) in [4.78, 5) is 30.6. The van der Waals surface area contributed by atoms with Gasteiger partial charge in [0.1, 0.15) is 5.76 Å². The molecule has 0 radical (unpaired) electrons. The van der Waals surface area contributed by atoms with Crippen LogP contribution in [0.3, 0.4) is 0 Å². The molecule has 0 N–H and O–H groups in total. The second-order valence-corrected chi connectivity index (χ2v) is 8.37. The van der Waals surface area contributed by atoms with E-state index < -0.39 is 0 Å². The van der Waals surface area contributed by atoms with Crippen LogP contribution in [0.2, 0.25) is 0 Å². The van der Waals surface area contributed by atoms with Crippen LogP contribution in [0.4, 0.5) is 5.69 Å². The molecule has 2 atom stereocenters. The van der Waals surface area contributed by atoms with E-state index in [0.717, 1.165) is 25.9 Å². The van der Waals surface area contributed by atoms with Gasteiger partial charge >= 0.3 is 0 Å². The summed E-state index contributed by atoms with van der Waals surface area (Å²) in [5.41, 5.74) is 3.19. The van der Waals surface area contributed by atoms with E-state index >= 15 is 0 Å². The fourth-order valence-corrected chi connectivity index (χ4v) is 4.62. The smallest absolute Gasteiger partial charge is 0.257 e. The number of nitrogens with zero attached hydrogens (tertiary/aromatic N) is 3. The molecule has 1 aromatic carbocycles. The molecule has 2 aliphatic heterocycles. The van der Waals surface area contributed by atoms with Crippen molar-refractivity contribution in [3.05, 3.63) is 53.5 Å². The average Bonchev–Trinajstić information content (AvgIpc) is 3.41. The predicted octanol–water partition coefficient (Wildman–Crippen LogP) is 3.17. The van der Waals surface area contributed by atoms with Gasteiger partial charge in [-0.15, -0.1) is 0 Å². The molecule has 2 aliphatic rings. The van der Waals surface area contributed by atoms with Gasteiger partial charge in [-0.25, -0.2) is 0 Å². The molecule has 0 bridgehead atoms. The van der Waals surface area contributed by atoms with E-state index in [1.807, 2.05) is 11.9 Å². The number of anilines is 1. The molecule has 154 valence electrons. The second kappa shape index (κ2) is 7.93. The van der Waals surface area contributed by atoms with Crippen LogP contribution in [0.1, 0.15) is 41.9 Å². The highest BCUT2D eigenvalue weighted by Crippen LogP contribution is 2.33. The van der Waals surface area contributed by atoms with E-state index in [1.54, 1.807) is 24.2 Å². The predicted molar refractivity (Wildman–Crippen MR) is 112 cm³/mol. The normalized spacial score (nSPS) is 20.8. The van der Waals surface area contributed by atoms with Crippen molar-refractivity contribution < 1.29 is 14.0 Å². The highest BCUT2D eigenvalue weighted by molar-refractivity contribution is 5.95. The molecule has 6 nitrogen and oxygen atoms in total. The van der Waals surface area contributed by atoms with Crippen LogP contribution in [0, 0.1) is 5.92 Å². The van der Waals surface area contributed by atoms with Crippen molar-refractivity contribution >= 4 is 17.5 Å². The third kappa shape index (κ3) is 3.88. The zero-order valence-electron chi connectivity index (χ0n) is 17.4. The zero-order chi connectivity index (χ0) is 20.5. The van der Waals surface area contributed by atoms with Crippen molar-refractivity contribution in [3.63, 3.8) is 0 Å². The Morgan fingerprint density at radius 2 is 2.03 bits per heavy atom. The molecule has 2 aromatic rings. The Balaban J connectivity index is 1.44. The van der Waals surface area contributed by atoms with E-state index in [0.29, 0.717) is 36.4 Å². The van der Waals surface area contributed by atoms with E-state index in [-0.39, 0.29) is 11.8 Å². The van der Waals surface area contributed by atoms with Crippen molar-refractivity contribution in [2.45, 2.75) is 39.3 Å².